The van der Waals surface area contributed by atoms with Crippen LogP contribution in [0, 0.1) is 18.7 Å². The summed E-state index contributed by atoms with van der Waals surface area (Å²) in [6.45, 7) is 5.67. The molecule has 0 saturated carbocycles. The number of halogens is 2. The van der Waals surface area contributed by atoms with Crippen molar-refractivity contribution in [2.75, 3.05) is 5.32 Å². The van der Waals surface area contributed by atoms with E-state index in [4.69, 9.17) is 5.73 Å². The molecule has 5 heteroatoms. The van der Waals surface area contributed by atoms with Crippen molar-refractivity contribution in [2.45, 2.75) is 33.2 Å². The first-order valence-corrected chi connectivity index (χ1v) is 5.72. The Kier molecular flexibility index (Phi) is 6.88. The molecule has 1 atom stereocenters. The Morgan fingerprint density at radius 1 is 1.44 bits per heavy atom. The minimum absolute atomic E-state index is 0. The maximum absolute atomic E-state index is 13.0. The third-order valence-electron chi connectivity index (χ3n) is 2.49. The van der Waals surface area contributed by atoms with Crippen LogP contribution >= 0.6 is 12.4 Å². The largest absolute Gasteiger partial charge is 0.325 e. The summed E-state index contributed by atoms with van der Waals surface area (Å²) in [5, 5.41) is 2.68. The molecule has 0 bridgehead atoms. The van der Waals surface area contributed by atoms with Crippen LogP contribution in [0.25, 0.3) is 0 Å². The predicted octanol–water partition coefficient (Wildman–Crippen LogP) is 2.87. The van der Waals surface area contributed by atoms with Gasteiger partial charge in [-0.2, -0.15) is 0 Å². The second kappa shape index (κ2) is 7.34. The minimum Gasteiger partial charge on any atom is -0.325 e. The lowest BCUT2D eigenvalue weighted by atomic mass is 10.0. The van der Waals surface area contributed by atoms with Gasteiger partial charge in [-0.15, -0.1) is 12.4 Å². The standard InChI is InChI=1S/C13H19FN2O.ClH/c1-8(2)6-12(15)13(17)16-10-4-5-11(14)9(3)7-10;/h4-5,7-8,12H,6,15H2,1-3H3,(H,16,17);1H/t12-;/m0./s1. The molecule has 1 amide bonds. The Morgan fingerprint density at radius 2 is 2.06 bits per heavy atom. The fourth-order valence-electron chi connectivity index (χ4n) is 1.57. The highest BCUT2D eigenvalue weighted by Crippen LogP contribution is 2.14. The van der Waals surface area contributed by atoms with E-state index in [-0.39, 0.29) is 24.1 Å². The minimum atomic E-state index is -0.527. The highest BCUT2D eigenvalue weighted by atomic mass is 35.5. The van der Waals surface area contributed by atoms with Crippen LogP contribution in [0.1, 0.15) is 25.8 Å². The van der Waals surface area contributed by atoms with Gasteiger partial charge in [0.05, 0.1) is 6.04 Å². The number of amides is 1. The van der Waals surface area contributed by atoms with Crippen LogP contribution in [-0.4, -0.2) is 11.9 Å². The summed E-state index contributed by atoms with van der Waals surface area (Å²) >= 11 is 0. The number of benzene rings is 1. The van der Waals surface area contributed by atoms with Crippen LogP contribution in [0.5, 0.6) is 0 Å². The van der Waals surface area contributed by atoms with Gasteiger partial charge >= 0.3 is 0 Å². The number of carbonyl (C=O) groups excluding carboxylic acids is 1. The molecule has 0 heterocycles. The molecule has 3 N–H and O–H groups in total. The van der Waals surface area contributed by atoms with Crippen molar-refractivity contribution in [1.29, 1.82) is 0 Å². The lowest BCUT2D eigenvalue weighted by Crippen LogP contribution is -2.36. The normalized spacial score (nSPS) is 11.9. The van der Waals surface area contributed by atoms with Gasteiger partial charge in [-0.3, -0.25) is 4.79 Å². The van der Waals surface area contributed by atoms with Gasteiger partial charge in [0.25, 0.3) is 0 Å². The van der Waals surface area contributed by atoms with E-state index < -0.39 is 6.04 Å². The first-order chi connectivity index (χ1) is 7.90. The highest BCUT2D eigenvalue weighted by Gasteiger charge is 2.15. The lowest BCUT2D eigenvalue weighted by Gasteiger charge is -2.14. The molecule has 0 aliphatic rings. The molecule has 1 aromatic rings. The average Bonchev–Trinajstić information content (AvgIpc) is 2.22. The van der Waals surface area contributed by atoms with Crippen LogP contribution in [-0.2, 0) is 4.79 Å². The number of rotatable bonds is 4. The fourth-order valence-corrected chi connectivity index (χ4v) is 1.57. The quantitative estimate of drug-likeness (QED) is 0.887. The fraction of sp³-hybridized carbons (Fsp3) is 0.462. The predicted molar refractivity (Wildman–Crippen MR) is 74.4 cm³/mol. The lowest BCUT2D eigenvalue weighted by molar-refractivity contribution is -0.117. The molecule has 102 valence electrons. The summed E-state index contributed by atoms with van der Waals surface area (Å²) in [5.74, 6) is -0.148. The zero-order chi connectivity index (χ0) is 13.0. The molecular weight excluding hydrogens is 255 g/mol. The summed E-state index contributed by atoms with van der Waals surface area (Å²) in [5.41, 5.74) is 6.82. The van der Waals surface area contributed by atoms with Gasteiger partial charge in [-0.05, 0) is 43.0 Å². The molecule has 0 aliphatic carbocycles. The maximum Gasteiger partial charge on any atom is 0.241 e. The van der Waals surface area contributed by atoms with E-state index in [9.17, 15) is 9.18 Å². The van der Waals surface area contributed by atoms with Crippen molar-refractivity contribution in [2.24, 2.45) is 11.7 Å². The number of nitrogens with two attached hydrogens (primary N) is 1. The van der Waals surface area contributed by atoms with Crippen molar-refractivity contribution >= 4 is 24.0 Å². The van der Waals surface area contributed by atoms with E-state index in [2.05, 4.69) is 5.32 Å². The zero-order valence-corrected chi connectivity index (χ0v) is 11.7. The first-order valence-electron chi connectivity index (χ1n) is 5.72. The topological polar surface area (TPSA) is 55.1 Å². The summed E-state index contributed by atoms with van der Waals surface area (Å²) in [4.78, 5) is 11.7. The molecule has 0 fully saturated rings. The molecule has 0 aliphatic heterocycles. The second-order valence-electron chi connectivity index (χ2n) is 4.69. The van der Waals surface area contributed by atoms with E-state index >= 15 is 0 Å². The van der Waals surface area contributed by atoms with Gasteiger partial charge < -0.3 is 11.1 Å². The molecule has 0 aromatic heterocycles. The van der Waals surface area contributed by atoms with Crippen molar-refractivity contribution in [3.8, 4) is 0 Å². The summed E-state index contributed by atoms with van der Waals surface area (Å²) in [6, 6.07) is 3.93. The number of nitrogens with one attached hydrogen (secondary N) is 1. The van der Waals surface area contributed by atoms with Gasteiger partial charge in [-0.25, -0.2) is 4.39 Å². The van der Waals surface area contributed by atoms with Gasteiger partial charge in [-0.1, -0.05) is 13.8 Å². The van der Waals surface area contributed by atoms with Gasteiger partial charge in [0.1, 0.15) is 5.82 Å². The van der Waals surface area contributed by atoms with Crippen molar-refractivity contribution in [3.05, 3.63) is 29.6 Å². The van der Waals surface area contributed by atoms with E-state index in [1.165, 1.54) is 12.1 Å². The SMILES string of the molecule is Cc1cc(NC(=O)[C@@H](N)CC(C)C)ccc1F.Cl. The van der Waals surface area contributed by atoms with E-state index in [0.717, 1.165) is 0 Å². The van der Waals surface area contributed by atoms with Gasteiger partial charge in [0, 0.05) is 5.69 Å². The molecule has 1 aromatic carbocycles. The molecule has 18 heavy (non-hydrogen) atoms. The van der Waals surface area contributed by atoms with Crippen LogP contribution in [0.4, 0.5) is 10.1 Å². The van der Waals surface area contributed by atoms with E-state index in [1.54, 1.807) is 13.0 Å². The summed E-state index contributed by atoms with van der Waals surface area (Å²) in [7, 11) is 0. The Labute approximate surface area is 113 Å². The summed E-state index contributed by atoms with van der Waals surface area (Å²) in [6.07, 6.45) is 0.631. The van der Waals surface area contributed by atoms with Gasteiger partial charge in [0.15, 0.2) is 0 Å². The number of aryl methyl sites for hydroxylation is 1. The molecule has 0 saturated heterocycles. The zero-order valence-electron chi connectivity index (χ0n) is 10.9. The van der Waals surface area contributed by atoms with Crippen molar-refractivity contribution in [1.82, 2.24) is 0 Å². The first kappa shape index (κ1) is 16.9. The van der Waals surface area contributed by atoms with Gasteiger partial charge in [0.2, 0.25) is 5.91 Å². The smallest absolute Gasteiger partial charge is 0.241 e. The number of hydrogen-bond acceptors (Lipinski definition) is 2. The van der Waals surface area contributed by atoms with Crippen LogP contribution in [0.3, 0.4) is 0 Å². The van der Waals surface area contributed by atoms with Crippen molar-refractivity contribution < 1.29 is 9.18 Å². The number of carbonyl (C=O) groups is 1. The van der Waals surface area contributed by atoms with E-state index in [0.29, 0.717) is 23.6 Å². The van der Waals surface area contributed by atoms with Crippen LogP contribution in [0.2, 0.25) is 0 Å². The second-order valence-corrected chi connectivity index (χ2v) is 4.69. The highest BCUT2D eigenvalue weighted by molar-refractivity contribution is 5.94. The monoisotopic (exact) mass is 274 g/mol. The van der Waals surface area contributed by atoms with E-state index in [1.807, 2.05) is 13.8 Å². The van der Waals surface area contributed by atoms with Crippen LogP contribution < -0.4 is 11.1 Å². The third-order valence-corrected chi connectivity index (χ3v) is 2.49. The molecule has 0 spiro atoms. The number of hydrogen-bond donors (Lipinski definition) is 2. The Balaban J connectivity index is 0.00000289. The molecular formula is C13H20ClFN2O. The summed E-state index contributed by atoms with van der Waals surface area (Å²) < 4.78 is 13.0. The Morgan fingerprint density at radius 3 is 2.56 bits per heavy atom. The average molecular weight is 275 g/mol. The van der Waals surface area contributed by atoms with Crippen molar-refractivity contribution in [3.63, 3.8) is 0 Å². The number of anilines is 1. The Hall–Kier alpha value is -1.13. The maximum atomic E-state index is 13.0. The Bertz CT molecular complexity index is 410. The molecule has 0 radical (unpaired) electrons. The molecule has 0 unspecified atom stereocenters. The van der Waals surface area contributed by atoms with Crippen LogP contribution in [0.15, 0.2) is 18.2 Å². The molecule has 1 rings (SSSR count). The molecule has 3 nitrogen and oxygen atoms in total. The third kappa shape index (κ3) is 5.02.